The van der Waals surface area contributed by atoms with Gasteiger partial charge in [0.15, 0.2) is 5.72 Å². The van der Waals surface area contributed by atoms with Gasteiger partial charge in [-0.25, -0.2) is 4.79 Å². The highest BCUT2D eigenvalue weighted by Crippen LogP contribution is 2.24. The first-order valence-corrected chi connectivity index (χ1v) is 12.5. The minimum absolute atomic E-state index is 0.0954. The Balaban J connectivity index is 2.10. The summed E-state index contributed by atoms with van der Waals surface area (Å²) in [6, 6.07) is 18.5. The molecular weight excluding hydrogens is 474 g/mol. The molecule has 37 heavy (non-hydrogen) atoms. The summed E-state index contributed by atoms with van der Waals surface area (Å²) in [5.74, 6) is -0.582. The van der Waals surface area contributed by atoms with Crippen LogP contribution < -0.4 is 16.4 Å². The van der Waals surface area contributed by atoms with Crippen molar-refractivity contribution in [3.8, 4) is 0 Å². The van der Waals surface area contributed by atoms with E-state index in [4.69, 9.17) is 15.2 Å². The van der Waals surface area contributed by atoms with Crippen LogP contribution in [0.2, 0.25) is 0 Å². The fourth-order valence-corrected chi connectivity index (χ4v) is 4.09. The number of aliphatic hydroxyl groups excluding tert-OH is 1. The molecule has 0 aliphatic rings. The first kappa shape index (κ1) is 30.2. The molecule has 0 bridgehead atoms. The maximum Gasteiger partial charge on any atom is 0.407 e. The summed E-state index contributed by atoms with van der Waals surface area (Å²) in [5.41, 5.74) is 4.72. The molecule has 2 rings (SSSR count). The fraction of sp³-hybridized carbons (Fsp3) is 0.500. The zero-order valence-electron chi connectivity index (χ0n) is 22.1. The number of amides is 2. The Morgan fingerprint density at radius 2 is 1.57 bits per heavy atom. The lowest BCUT2D eigenvalue weighted by Gasteiger charge is -2.37. The van der Waals surface area contributed by atoms with Gasteiger partial charge in [0.1, 0.15) is 18.3 Å². The standard InChI is InChI=1S/C28H41N3O6/c1-27(2,3)24(36-4)25(33)31-28(35,18-21-13-9-6-10-14-21)23(32)19-30-26(34)37-22(15-16-29)17-20-11-7-5-8-12-20/h5-14,22-24,32,35H,15-19,29H2,1-4H3,(H,30,34)(H,31,33). The first-order valence-electron chi connectivity index (χ1n) is 12.5. The zero-order valence-corrected chi connectivity index (χ0v) is 22.1. The van der Waals surface area contributed by atoms with Crippen molar-refractivity contribution in [1.29, 1.82) is 0 Å². The second-order valence-corrected chi connectivity index (χ2v) is 10.2. The van der Waals surface area contributed by atoms with E-state index in [9.17, 15) is 19.8 Å². The number of nitrogens with two attached hydrogens (primary N) is 1. The minimum Gasteiger partial charge on any atom is -0.446 e. The molecule has 0 aliphatic carbocycles. The second kappa shape index (κ2) is 14.1. The predicted molar refractivity (Wildman–Crippen MR) is 142 cm³/mol. The molecule has 0 aliphatic heterocycles. The molecule has 2 aromatic carbocycles. The molecule has 0 heterocycles. The molecule has 9 heteroatoms. The Morgan fingerprint density at radius 1 is 1.00 bits per heavy atom. The lowest BCUT2D eigenvalue weighted by Crippen LogP contribution is -2.63. The van der Waals surface area contributed by atoms with Crippen molar-refractivity contribution in [3.05, 3.63) is 71.8 Å². The maximum absolute atomic E-state index is 13.0. The molecule has 4 atom stereocenters. The number of aliphatic hydroxyl groups is 2. The van der Waals surface area contributed by atoms with Gasteiger partial charge in [0.05, 0.1) is 6.54 Å². The van der Waals surface area contributed by atoms with Crippen LogP contribution in [0, 0.1) is 5.41 Å². The van der Waals surface area contributed by atoms with Crippen molar-refractivity contribution >= 4 is 12.0 Å². The van der Waals surface area contributed by atoms with Gasteiger partial charge in [-0.05, 0) is 29.5 Å². The molecule has 0 saturated carbocycles. The van der Waals surface area contributed by atoms with Crippen LogP contribution in [0.3, 0.4) is 0 Å². The Bertz CT molecular complexity index is 967. The van der Waals surface area contributed by atoms with Gasteiger partial charge < -0.3 is 36.1 Å². The Hall–Kier alpha value is -2.98. The SMILES string of the molecule is COC(C(=O)NC(O)(Cc1ccccc1)C(O)CNC(=O)OC(CCN)Cc1ccccc1)C(C)(C)C. The van der Waals surface area contributed by atoms with Gasteiger partial charge in [0.2, 0.25) is 0 Å². The van der Waals surface area contributed by atoms with Crippen LogP contribution >= 0.6 is 0 Å². The van der Waals surface area contributed by atoms with Crippen LogP contribution in [0.4, 0.5) is 4.79 Å². The number of carbonyl (C=O) groups is 2. The van der Waals surface area contributed by atoms with Gasteiger partial charge in [-0.3, -0.25) is 4.79 Å². The molecule has 2 amide bonds. The molecule has 0 spiro atoms. The molecular formula is C28H41N3O6. The van der Waals surface area contributed by atoms with Gasteiger partial charge in [-0.2, -0.15) is 0 Å². The third-order valence-electron chi connectivity index (χ3n) is 5.98. The van der Waals surface area contributed by atoms with Crippen molar-refractivity contribution in [2.45, 2.75) is 64.1 Å². The van der Waals surface area contributed by atoms with E-state index >= 15 is 0 Å². The molecule has 0 aromatic heterocycles. The van der Waals surface area contributed by atoms with Crippen LogP contribution in [-0.4, -0.2) is 66.4 Å². The molecule has 0 radical (unpaired) electrons. The van der Waals surface area contributed by atoms with Crippen LogP contribution in [0.5, 0.6) is 0 Å². The van der Waals surface area contributed by atoms with E-state index < -0.39 is 41.5 Å². The number of hydrogen-bond donors (Lipinski definition) is 5. The summed E-state index contributed by atoms with van der Waals surface area (Å²) in [4.78, 5) is 25.6. The number of carbonyl (C=O) groups excluding carboxylic acids is 2. The van der Waals surface area contributed by atoms with Gasteiger partial charge in [-0.1, -0.05) is 81.4 Å². The molecule has 2 aromatic rings. The van der Waals surface area contributed by atoms with Gasteiger partial charge in [0, 0.05) is 20.0 Å². The van der Waals surface area contributed by atoms with Gasteiger partial charge in [0.25, 0.3) is 5.91 Å². The number of nitrogens with one attached hydrogen (secondary N) is 2. The average molecular weight is 516 g/mol. The van der Waals surface area contributed by atoms with Crippen molar-refractivity contribution in [2.75, 3.05) is 20.2 Å². The van der Waals surface area contributed by atoms with Crippen LogP contribution in [0.15, 0.2) is 60.7 Å². The predicted octanol–water partition coefficient (Wildman–Crippen LogP) is 2.14. The third kappa shape index (κ3) is 9.77. The summed E-state index contributed by atoms with van der Waals surface area (Å²) >= 11 is 0. The van der Waals surface area contributed by atoms with E-state index in [0.29, 0.717) is 24.9 Å². The fourth-order valence-electron chi connectivity index (χ4n) is 4.09. The summed E-state index contributed by atoms with van der Waals surface area (Å²) < 4.78 is 10.9. The normalized spacial score (nSPS) is 15.6. The van der Waals surface area contributed by atoms with Crippen molar-refractivity contribution < 1.29 is 29.3 Å². The third-order valence-corrected chi connectivity index (χ3v) is 5.98. The monoisotopic (exact) mass is 515 g/mol. The Labute approximate surface area is 219 Å². The second-order valence-electron chi connectivity index (χ2n) is 10.2. The summed E-state index contributed by atoms with van der Waals surface area (Å²) in [6.45, 7) is 5.47. The Morgan fingerprint density at radius 3 is 2.08 bits per heavy atom. The Kier molecular flexibility index (Phi) is 11.5. The lowest BCUT2D eigenvalue weighted by molar-refractivity contribution is -0.154. The highest BCUT2D eigenvalue weighted by atomic mass is 16.6. The van der Waals surface area contributed by atoms with E-state index in [1.165, 1.54) is 7.11 Å². The molecule has 0 fully saturated rings. The van der Waals surface area contributed by atoms with E-state index in [0.717, 1.165) is 5.56 Å². The summed E-state index contributed by atoms with van der Waals surface area (Å²) in [6.07, 6.45) is -2.79. The number of methoxy groups -OCH3 is 1. The number of alkyl carbamates (subject to hydrolysis) is 1. The molecule has 204 valence electrons. The zero-order chi connectivity index (χ0) is 27.5. The van der Waals surface area contributed by atoms with Crippen molar-refractivity contribution in [3.63, 3.8) is 0 Å². The largest absolute Gasteiger partial charge is 0.446 e. The van der Waals surface area contributed by atoms with E-state index in [-0.39, 0.29) is 13.0 Å². The highest BCUT2D eigenvalue weighted by molar-refractivity contribution is 5.82. The van der Waals surface area contributed by atoms with E-state index in [1.54, 1.807) is 24.3 Å². The number of rotatable bonds is 13. The summed E-state index contributed by atoms with van der Waals surface area (Å²) in [7, 11) is 1.41. The van der Waals surface area contributed by atoms with E-state index in [1.807, 2.05) is 57.2 Å². The molecule has 6 N–H and O–H groups in total. The average Bonchev–Trinajstić information content (AvgIpc) is 2.83. The molecule has 9 nitrogen and oxygen atoms in total. The van der Waals surface area contributed by atoms with Crippen LogP contribution in [0.25, 0.3) is 0 Å². The van der Waals surface area contributed by atoms with Crippen LogP contribution in [-0.2, 0) is 27.1 Å². The quantitative estimate of drug-likeness (QED) is 0.257. The topological polar surface area (TPSA) is 143 Å². The number of hydrogen-bond acceptors (Lipinski definition) is 7. The highest BCUT2D eigenvalue weighted by Gasteiger charge is 2.41. The van der Waals surface area contributed by atoms with Crippen LogP contribution in [0.1, 0.15) is 38.3 Å². The van der Waals surface area contributed by atoms with Crippen molar-refractivity contribution in [2.24, 2.45) is 11.1 Å². The number of benzene rings is 2. The molecule has 0 saturated heterocycles. The maximum atomic E-state index is 13.0. The smallest absolute Gasteiger partial charge is 0.407 e. The molecule has 4 unspecified atom stereocenters. The van der Waals surface area contributed by atoms with Crippen molar-refractivity contribution in [1.82, 2.24) is 10.6 Å². The lowest BCUT2D eigenvalue weighted by atomic mass is 9.87. The summed E-state index contributed by atoms with van der Waals surface area (Å²) in [5, 5.41) is 27.5. The minimum atomic E-state index is -2.09. The first-order chi connectivity index (χ1) is 17.5. The van der Waals surface area contributed by atoms with E-state index in [2.05, 4.69) is 10.6 Å². The van der Waals surface area contributed by atoms with Gasteiger partial charge in [-0.15, -0.1) is 0 Å². The van der Waals surface area contributed by atoms with Gasteiger partial charge >= 0.3 is 6.09 Å². The number of ether oxygens (including phenoxy) is 2.